The van der Waals surface area contributed by atoms with Crippen LogP contribution >= 0.6 is 0 Å². The lowest BCUT2D eigenvalue weighted by Gasteiger charge is -2.44. The molecule has 0 aromatic carbocycles. The number of hydrogen-bond donors (Lipinski definition) is 0. The number of ether oxygens (including phenoxy) is 2. The van der Waals surface area contributed by atoms with Crippen LogP contribution in [0.3, 0.4) is 0 Å². The quantitative estimate of drug-likeness (QED) is 0.544. The van der Waals surface area contributed by atoms with E-state index in [4.69, 9.17) is 9.47 Å². The van der Waals surface area contributed by atoms with Crippen LogP contribution in [0.5, 0.6) is 0 Å². The molecule has 0 radical (unpaired) electrons. The molecular formula is C20H40O2. The van der Waals surface area contributed by atoms with E-state index >= 15 is 0 Å². The van der Waals surface area contributed by atoms with Crippen molar-refractivity contribution in [3.8, 4) is 0 Å². The first-order chi connectivity index (χ1) is 10.2. The van der Waals surface area contributed by atoms with Crippen LogP contribution in [-0.2, 0) is 9.47 Å². The smallest absolute Gasteiger partial charge is 0.0708 e. The molecule has 0 saturated heterocycles. The van der Waals surface area contributed by atoms with Crippen molar-refractivity contribution in [1.82, 2.24) is 0 Å². The fourth-order valence-corrected chi connectivity index (χ4v) is 3.73. The largest absolute Gasteiger partial charge is 0.378 e. The lowest BCUT2D eigenvalue weighted by molar-refractivity contribution is -0.123. The Morgan fingerprint density at radius 1 is 1.05 bits per heavy atom. The predicted molar refractivity (Wildman–Crippen MR) is 95.2 cm³/mol. The van der Waals surface area contributed by atoms with Gasteiger partial charge in [0, 0.05) is 13.2 Å². The molecule has 0 aromatic rings. The summed E-state index contributed by atoms with van der Waals surface area (Å²) in [6.45, 7) is 17.7. The Morgan fingerprint density at radius 3 is 2.27 bits per heavy atom. The van der Waals surface area contributed by atoms with Gasteiger partial charge >= 0.3 is 0 Å². The molecule has 0 spiro atoms. The Morgan fingerprint density at radius 2 is 1.73 bits per heavy atom. The van der Waals surface area contributed by atoms with Gasteiger partial charge < -0.3 is 9.47 Å². The molecule has 0 aromatic heterocycles. The van der Waals surface area contributed by atoms with Gasteiger partial charge in [0.25, 0.3) is 0 Å². The molecule has 1 aliphatic rings. The van der Waals surface area contributed by atoms with Crippen molar-refractivity contribution in [2.45, 2.75) is 92.3 Å². The fraction of sp³-hybridized carbons (Fsp3) is 1.00. The van der Waals surface area contributed by atoms with Crippen LogP contribution < -0.4 is 0 Å². The summed E-state index contributed by atoms with van der Waals surface area (Å²) in [6, 6.07) is 0. The van der Waals surface area contributed by atoms with Crippen LogP contribution in [0.25, 0.3) is 0 Å². The summed E-state index contributed by atoms with van der Waals surface area (Å²) < 4.78 is 12.4. The molecule has 1 fully saturated rings. The minimum Gasteiger partial charge on any atom is -0.378 e. The Labute approximate surface area is 139 Å². The van der Waals surface area contributed by atoms with E-state index in [9.17, 15) is 0 Å². The Bertz CT molecular complexity index is 300. The molecule has 4 unspecified atom stereocenters. The van der Waals surface area contributed by atoms with Gasteiger partial charge in [-0.1, -0.05) is 54.4 Å². The van der Waals surface area contributed by atoms with Crippen molar-refractivity contribution in [3.63, 3.8) is 0 Å². The molecule has 0 bridgehead atoms. The summed E-state index contributed by atoms with van der Waals surface area (Å²) in [4.78, 5) is 0. The molecule has 22 heavy (non-hydrogen) atoms. The molecule has 132 valence electrons. The second-order valence-corrected chi connectivity index (χ2v) is 8.61. The highest BCUT2D eigenvalue weighted by atomic mass is 16.5. The van der Waals surface area contributed by atoms with E-state index in [0.717, 1.165) is 25.6 Å². The maximum Gasteiger partial charge on any atom is 0.0708 e. The lowest BCUT2D eigenvalue weighted by Crippen LogP contribution is -2.43. The predicted octanol–water partition coefficient (Wildman–Crippen LogP) is 5.70. The minimum absolute atomic E-state index is 0.119. The summed E-state index contributed by atoms with van der Waals surface area (Å²) in [5.41, 5.74) is 0.119. The maximum atomic E-state index is 6.54. The minimum atomic E-state index is 0.119. The van der Waals surface area contributed by atoms with Gasteiger partial charge in [-0.3, -0.25) is 0 Å². The van der Waals surface area contributed by atoms with Gasteiger partial charge in [0.2, 0.25) is 0 Å². The van der Waals surface area contributed by atoms with Gasteiger partial charge in [-0.05, 0) is 49.9 Å². The van der Waals surface area contributed by atoms with Gasteiger partial charge in [0.15, 0.2) is 0 Å². The first kappa shape index (κ1) is 20.0. The third kappa shape index (κ3) is 6.58. The van der Waals surface area contributed by atoms with Crippen LogP contribution in [0.15, 0.2) is 0 Å². The lowest BCUT2D eigenvalue weighted by atomic mass is 9.73. The Hall–Kier alpha value is -0.0800. The van der Waals surface area contributed by atoms with E-state index in [1.807, 2.05) is 0 Å². The SMILES string of the molecule is CC(C)COC(C)CC(C)COC1(C(C)C)CCCC(C)C1. The summed E-state index contributed by atoms with van der Waals surface area (Å²) in [5.74, 6) is 2.59. The summed E-state index contributed by atoms with van der Waals surface area (Å²) in [7, 11) is 0. The summed E-state index contributed by atoms with van der Waals surface area (Å²) in [6.07, 6.45) is 6.59. The molecule has 4 atom stereocenters. The number of hydrogen-bond acceptors (Lipinski definition) is 2. The third-order valence-electron chi connectivity index (χ3n) is 5.15. The first-order valence-corrected chi connectivity index (χ1v) is 9.50. The molecule has 1 aliphatic carbocycles. The second-order valence-electron chi connectivity index (χ2n) is 8.61. The van der Waals surface area contributed by atoms with Gasteiger partial charge in [0.05, 0.1) is 11.7 Å². The molecule has 2 nitrogen and oxygen atoms in total. The molecule has 1 saturated carbocycles. The van der Waals surface area contributed by atoms with E-state index in [-0.39, 0.29) is 5.60 Å². The standard InChI is InChI=1S/C20H40O2/c1-15(2)13-21-19(7)11-18(6)14-22-20(16(3)4)10-8-9-17(5)12-20/h15-19H,8-14H2,1-7H3. The van der Waals surface area contributed by atoms with Crippen LogP contribution in [0.2, 0.25) is 0 Å². The molecule has 0 heterocycles. The maximum absolute atomic E-state index is 6.54. The zero-order valence-corrected chi connectivity index (χ0v) is 16.2. The number of rotatable bonds is 9. The highest BCUT2D eigenvalue weighted by Gasteiger charge is 2.38. The van der Waals surface area contributed by atoms with Gasteiger partial charge in [-0.25, -0.2) is 0 Å². The highest BCUT2D eigenvalue weighted by Crippen LogP contribution is 2.40. The van der Waals surface area contributed by atoms with Gasteiger partial charge in [-0.2, -0.15) is 0 Å². The molecule has 0 N–H and O–H groups in total. The van der Waals surface area contributed by atoms with Crippen molar-refractivity contribution in [2.75, 3.05) is 13.2 Å². The highest BCUT2D eigenvalue weighted by molar-refractivity contribution is 4.90. The van der Waals surface area contributed by atoms with Gasteiger partial charge in [-0.15, -0.1) is 0 Å². The van der Waals surface area contributed by atoms with E-state index < -0.39 is 0 Å². The summed E-state index contributed by atoms with van der Waals surface area (Å²) >= 11 is 0. The molecular weight excluding hydrogens is 272 g/mol. The molecule has 0 aliphatic heterocycles. The average molecular weight is 313 g/mol. The van der Waals surface area contributed by atoms with Gasteiger partial charge in [0.1, 0.15) is 0 Å². The van der Waals surface area contributed by atoms with Crippen molar-refractivity contribution in [1.29, 1.82) is 0 Å². The van der Waals surface area contributed by atoms with Crippen molar-refractivity contribution in [2.24, 2.45) is 23.7 Å². The van der Waals surface area contributed by atoms with Crippen molar-refractivity contribution >= 4 is 0 Å². The normalized spacial score (nSPS) is 29.0. The molecule has 0 amide bonds. The van der Waals surface area contributed by atoms with Crippen molar-refractivity contribution in [3.05, 3.63) is 0 Å². The van der Waals surface area contributed by atoms with E-state index in [1.54, 1.807) is 0 Å². The van der Waals surface area contributed by atoms with Crippen LogP contribution in [-0.4, -0.2) is 24.9 Å². The van der Waals surface area contributed by atoms with Crippen LogP contribution in [0.1, 0.15) is 80.6 Å². The van der Waals surface area contributed by atoms with Crippen LogP contribution in [0.4, 0.5) is 0 Å². The summed E-state index contributed by atoms with van der Waals surface area (Å²) in [5, 5.41) is 0. The fourth-order valence-electron chi connectivity index (χ4n) is 3.73. The first-order valence-electron chi connectivity index (χ1n) is 9.50. The monoisotopic (exact) mass is 312 g/mol. The van der Waals surface area contributed by atoms with Crippen LogP contribution in [0, 0.1) is 23.7 Å². The van der Waals surface area contributed by atoms with E-state index in [1.165, 1.54) is 25.7 Å². The second kappa shape index (κ2) is 9.27. The Kier molecular flexibility index (Phi) is 8.42. The topological polar surface area (TPSA) is 18.5 Å². The molecule has 2 heteroatoms. The van der Waals surface area contributed by atoms with E-state index in [0.29, 0.717) is 23.9 Å². The zero-order valence-electron chi connectivity index (χ0n) is 16.2. The molecule has 1 rings (SSSR count). The zero-order chi connectivity index (χ0) is 16.8. The van der Waals surface area contributed by atoms with Crippen molar-refractivity contribution < 1.29 is 9.47 Å². The van der Waals surface area contributed by atoms with E-state index in [2.05, 4.69) is 48.5 Å². The average Bonchev–Trinajstić information content (AvgIpc) is 2.43. The Balaban J connectivity index is 2.41. The third-order valence-corrected chi connectivity index (χ3v) is 5.15.